The van der Waals surface area contributed by atoms with Crippen molar-refractivity contribution in [3.05, 3.63) is 0 Å². The Labute approximate surface area is 68.7 Å². The van der Waals surface area contributed by atoms with E-state index < -0.39 is 9.76 Å². The van der Waals surface area contributed by atoms with Crippen LogP contribution >= 0.6 is 11.8 Å². The van der Waals surface area contributed by atoms with Crippen LogP contribution in [0, 0.1) is 0 Å². The normalized spacial score (nSPS) is 11.6. The molecule has 0 aromatic carbocycles. The largest absolute Gasteiger partial charge is 0.421 e. The molecule has 0 amide bonds. The topological polar surface area (TPSA) is 26.3 Å². The van der Waals surface area contributed by atoms with Crippen molar-refractivity contribution in [1.29, 1.82) is 0 Å². The molecular formula is C6H14O2SSi. The van der Waals surface area contributed by atoms with E-state index in [4.69, 9.17) is 4.43 Å². The minimum Gasteiger partial charge on any atom is -0.421 e. The van der Waals surface area contributed by atoms with Gasteiger partial charge in [-0.3, -0.25) is 4.79 Å². The van der Waals surface area contributed by atoms with Crippen molar-refractivity contribution < 1.29 is 9.22 Å². The Morgan fingerprint density at radius 2 is 2.30 bits per heavy atom. The fraction of sp³-hybridized carbons (Fsp3) is 0.833. The van der Waals surface area contributed by atoms with Gasteiger partial charge in [-0.25, -0.2) is 0 Å². The highest BCUT2D eigenvalue weighted by molar-refractivity contribution is 8.14. The zero-order valence-electron chi connectivity index (χ0n) is 6.72. The van der Waals surface area contributed by atoms with Gasteiger partial charge in [0.2, 0.25) is 0 Å². The standard InChI is InChI=1S/C6H14O2SSi/c1-5(2)8-10-4-9-6(3)7/h5H,4,10H2,1-3H3. The van der Waals surface area contributed by atoms with Crippen LogP contribution < -0.4 is 0 Å². The summed E-state index contributed by atoms with van der Waals surface area (Å²) >= 11 is 1.37. The Hall–Kier alpha value is 0.197. The second-order valence-corrected chi connectivity index (χ2v) is 5.50. The van der Waals surface area contributed by atoms with Crippen molar-refractivity contribution in [2.45, 2.75) is 26.9 Å². The fourth-order valence-corrected chi connectivity index (χ4v) is 2.81. The third-order valence-electron chi connectivity index (χ3n) is 0.840. The first-order chi connectivity index (χ1) is 4.63. The summed E-state index contributed by atoms with van der Waals surface area (Å²) in [7, 11) is -0.437. The summed E-state index contributed by atoms with van der Waals surface area (Å²) in [5, 5.41) is 1.10. The maximum absolute atomic E-state index is 10.4. The van der Waals surface area contributed by atoms with Crippen molar-refractivity contribution in [3.63, 3.8) is 0 Å². The molecule has 0 N–H and O–H groups in total. The van der Waals surface area contributed by atoms with Gasteiger partial charge in [0.15, 0.2) is 14.9 Å². The monoisotopic (exact) mass is 178 g/mol. The molecule has 60 valence electrons. The molecule has 0 aliphatic rings. The summed E-state index contributed by atoms with van der Waals surface area (Å²) in [6.07, 6.45) is 0.333. The van der Waals surface area contributed by atoms with Crippen molar-refractivity contribution in [2.24, 2.45) is 0 Å². The van der Waals surface area contributed by atoms with Crippen LogP contribution in [-0.2, 0) is 9.22 Å². The lowest BCUT2D eigenvalue weighted by molar-refractivity contribution is -0.109. The molecule has 0 aromatic rings. The van der Waals surface area contributed by atoms with E-state index in [1.165, 1.54) is 11.8 Å². The lowest BCUT2D eigenvalue weighted by atomic mass is 10.5. The molecule has 0 atom stereocenters. The van der Waals surface area contributed by atoms with Gasteiger partial charge in [0.05, 0.1) is 0 Å². The van der Waals surface area contributed by atoms with Crippen LogP contribution in [0.25, 0.3) is 0 Å². The molecule has 0 bridgehead atoms. The lowest BCUT2D eigenvalue weighted by Crippen LogP contribution is -2.10. The summed E-state index contributed by atoms with van der Waals surface area (Å²) in [6, 6.07) is 0. The predicted octanol–water partition coefficient (Wildman–Crippen LogP) is 0.732. The number of carbonyl (C=O) groups excluding carboxylic acids is 1. The molecule has 10 heavy (non-hydrogen) atoms. The molecule has 0 rings (SSSR count). The zero-order chi connectivity index (χ0) is 7.98. The molecule has 4 heteroatoms. The van der Waals surface area contributed by atoms with Gasteiger partial charge in [0.25, 0.3) is 0 Å². The van der Waals surface area contributed by atoms with E-state index in [9.17, 15) is 4.79 Å². The van der Waals surface area contributed by atoms with Gasteiger partial charge in [-0.2, -0.15) is 0 Å². The van der Waals surface area contributed by atoms with Crippen molar-refractivity contribution in [1.82, 2.24) is 0 Å². The molecule has 0 saturated heterocycles. The third kappa shape index (κ3) is 8.20. The average Bonchev–Trinajstić information content (AvgIpc) is 1.79. The third-order valence-corrected chi connectivity index (χ3v) is 3.63. The summed E-state index contributed by atoms with van der Waals surface area (Å²) in [5.74, 6) is 0. The van der Waals surface area contributed by atoms with Crippen LogP contribution in [0.2, 0.25) is 0 Å². The number of rotatable bonds is 4. The predicted molar refractivity (Wildman–Crippen MR) is 47.9 cm³/mol. The van der Waals surface area contributed by atoms with Gasteiger partial charge < -0.3 is 4.43 Å². The molecule has 0 aliphatic heterocycles. The first-order valence-electron chi connectivity index (χ1n) is 3.38. The quantitative estimate of drug-likeness (QED) is 0.469. The Kier molecular flexibility index (Phi) is 6.06. The lowest BCUT2D eigenvalue weighted by Gasteiger charge is -2.04. The molecular weight excluding hydrogens is 164 g/mol. The number of hydrogen-bond donors (Lipinski definition) is 0. The van der Waals surface area contributed by atoms with Gasteiger partial charge in [0.1, 0.15) is 0 Å². The average molecular weight is 178 g/mol. The summed E-state index contributed by atoms with van der Waals surface area (Å²) in [5.41, 5.74) is 0. The molecule has 0 saturated carbocycles. The van der Waals surface area contributed by atoms with Crippen molar-refractivity contribution >= 4 is 26.6 Å². The first kappa shape index (κ1) is 10.2. The van der Waals surface area contributed by atoms with E-state index in [0.29, 0.717) is 6.10 Å². The Morgan fingerprint density at radius 1 is 1.70 bits per heavy atom. The molecule has 0 unspecified atom stereocenters. The minimum absolute atomic E-state index is 0.194. The van der Waals surface area contributed by atoms with E-state index in [-0.39, 0.29) is 5.12 Å². The van der Waals surface area contributed by atoms with Crippen molar-refractivity contribution in [2.75, 3.05) is 5.38 Å². The second-order valence-electron chi connectivity index (χ2n) is 2.26. The number of carbonyl (C=O) groups is 1. The molecule has 0 fully saturated rings. The van der Waals surface area contributed by atoms with Crippen LogP contribution in [0.5, 0.6) is 0 Å². The number of thioether (sulfide) groups is 1. The van der Waals surface area contributed by atoms with Crippen LogP contribution in [0.1, 0.15) is 20.8 Å². The maximum atomic E-state index is 10.4. The molecule has 0 radical (unpaired) electrons. The van der Waals surface area contributed by atoms with Gasteiger partial charge in [0, 0.05) is 18.4 Å². The highest BCUT2D eigenvalue weighted by Crippen LogP contribution is 1.99. The Morgan fingerprint density at radius 3 is 2.70 bits per heavy atom. The van der Waals surface area contributed by atoms with E-state index in [1.54, 1.807) is 6.92 Å². The van der Waals surface area contributed by atoms with E-state index in [1.807, 2.05) is 13.8 Å². The van der Waals surface area contributed by atoms with Gasteiger partial charge in [-0.1, -0.05) is 11.8 Å². The Bertz CT molecular complexity index is 106. The minimum atomic E-state index is -0.437. The summed E-state index contributed by atoms with van der Waals surface area (Å²) in [6.45, 7) is 5.63. The van der Waals surface area contributed by atoms with Gasteiger partial charge >= 0.3 is 0 Å². The van der Waals surface area contributed by atoms with Gasteiger partial charge in [-0.05, 0) is 13.8 Å². The fourth-order valence-electron chi connectivity index (χ4n) is 0.469. The molecule has 0 aromatic heterocycles. The van der Waals surface area contributed by atoms with Crippen LogP contribution in [0.4, 0.5) is 0 Å². The van der Waals surface area contributed by atoms with Crippen molar-refractivity contribution in [3.8, 4) is 0 Å². The summed E-state index contributed by atoms with van der Waals surface area (Å²) < 4.78 is 5.36. The van der Waals surface area contributed by atoms with E-state index >= 15 is 0 Å². The zero-order valence-corrected chi connectivity index (χ0v) is 8.95. The molecule has 0 aliphatic carbocycles. The molecule has 0 heterocycles. The molecule has 2 nitrogen and oxygen atoms in total. The SMILES string of the molecule is CC(=O)SC[SiH2]OC(C)C. The van der Waals surface area contributed by atoms with Crippen LogP contribution in [0.3, 0.4) is 0 Å². The highest BCUT2D eigenvalue weighted by atomic mass is 32.2. The summed E-state index contributed by atoms with van der Waals surface area (Å²) in [4.78, 5) is 10.4. The number of hydrogen-bond acceptors (Lipinski definition) is 3. The van der Waals surface area contributed by atoms with Crippen LogP contribution in [-0.4, -0.2) is 26.4 Å². The smallest absolute Gasteiger partial charge is 0.185 e. The van der Waals surface area contributed by atoms with E-state index in [2.05, 4.69) is 0 Å². The highest BCUT2D eigenvalue weighted by Gasteiger charge is 1.96. The van der Waals surface area contributed by atoms with E-state index in [0.717, 1.165) is 5.38 Å². The van der Waals surface area contributed by atoms with Gasteiger partial charge in [-0.15, -0.1) is 0 Å². The first-order valence-corrected chi connectivity index (χ1v) is 5.94. The second kappa shape index (κ2) is 5.94. The molecule has 0 spiro atoms. The van der Waals surface area contributed by atoms with Crippen LogP contribution in [0.15, 0.2) is 0 Å². The Balaban J connectivity index is 2.98. The maximum Gasteiger partial charge on any atom is 0.185 e.